The molecule has 24 heavy (non-hydrogen) atoms. The third-order valence-electron chi connectivity index (χ3n) is 5.49. The van der Waals surface area contributed by atoms with Crippen molar-refractivity contribution in [1.29, 1.82) is 0 Å². The minimum Gasteiger partial charge on any atom is -0.508 e. The van der Waals surface area contributed by atoms with Crippen LogP contribution in [-0.2, 0) is 0 Å². The molecule has 2 bridgehead atoms. The quantitative estimate of drug-likeness (QED) is 0.881. The molecule has 0 radical (unpaired) electrons. The lowest BCUT2D eigenvalue weighted by Crippen LogP contribution is -2.35. The lowest BCUT2D eigenvalue weighted by Gasteiger charge is -2.39. The molecule has 0 heterocycles. The molecule has 0 aliphatic heterocycles. The van der Waals surface area contributed by atoms with Gasteiger partial charge in [-0.25, -0.2) is 0 Å². The van der Waals surface area contributed by atoms with Crippen LogP contribution in [0.5, 0.6) is 11.5 Å². The van der Waals surface area contributed by atoms with E-state index < -0.39 is 6.36 Å². The maximum absolute atomic E-state index is 12.8. The second-order valence-electron chi connectivity index (χ2n) is 7.48. The second-order valence-corrected chi connectivity index (χ2v) is 7.48. The standard InChI is InChI=1S/C18H24F3NO2/c1-22(2)10-16-12-4-3-11(7-12)8-14(16)15-9-13(23)5-6-17(15)24-18(19,20)21/h5-6,9,11-12,14,16,23H,3-4,7-8,10H2,1-2H3/t11-,12+,14?,16+/m1/s1. The van der Waals surface area contributed by atoms with Gasteiger partial charge in [-0.2, -0.15) is 0 Å². The Morgan fingerprint density at radius 3 is 2.62 bits per heavy atom. The molecule has 2 fully saturated rings. The number of halogens is 3. The first-order chi connectivity index (χ1) is 11.2. The van der Waals surface area contributed by atoms with Crippen LogP contribution in [0.25, 0.3) is 0 Å². The van der Waals surface area contributed by atoms with Crippen molar-refractivity contribution in [3.63, 3.8) is 0 Å². The summed E-state index contributed by atoms with van der Waals surface area (Å²) in [5.41, 5.74) is 0.496. The number of nitrogens with zero attached hydrogens (tertiary/aromatic N) is 1. The number of aromatic hydroxyl groups is 1. The minimum atomic E-state index is -4.73. The first-order valence-corrected chi connectivity index (χ1v) is 8.46. The van der Waals surface area contributed by atoms with Crippen LogP contribution in [0.1, 0.15) is 37.2 Å². The van der Waals surface area contributed by atoms with Crippen LogP contribution >= 0.6 is 0 Å². The van der Waals surface area contributed by atoms with Gasteiger partial charge in [-0.05, 0) is 75.2 Å². The Morgan fingerprint density at radius 2 is 1.96 bits per heavy atom. The zero-order valence-electron chi connectivity index (χ0n) is 14.0. The number of fused-ring (bicyclic) bond motifs is 2. The van der Waals surface area contributed by atoms with Gasteiger partial charge in [0.05, 0.1) is 0 Å². The maximum Gasteiger partial charge on any atom is 0.573 e. The van der Waals surface area contributed by atoms with Gasteiger partial charge in [0.1, 0.15) is 11.5 Å². The van der Waals surface area contributed by atoms with Crippen molar-refractivity contribution in [3.05, 3.63) is 23.8 Å². The van der Waals surface area contributed by atoms with E-state index in [9.17, 15) is 18.3 Å². The lowest BCUT2D eigenvalue weighted by atomic mass is 9.69. The normalized spacial score (nSPS) is 29.9. The number of hydrogen-bond donors (Lipinski definition) is 1. The highest BCUT2D eigenvalue weighted by Gasteiger charge is 2.44. The third kappa shape index (κ3) is 3.79. The maximum atomic E-state index is 12.8. The topological polar surface area (TPSA) is 32.7 Å². The SMILES string of the molecule is CN(C)C[C@@H]1C(c2cc(O)ccc2OC(F)(F)F)C[C@@H]2CC[C@H]1C2. The number of benzene rings is 1. The largest absolute Gasteiger partial charge is 0.573 e. The third-order valence-corrected chi connectivity index (χ3v) is 5.49. The van der Waals surface area contributed by atoms with Crippen molar-refractivity contribution in [2.45, 2.75) is 38.0 Å². The first kappa shape index (κ1) is 17.4. The van der Waals surface area contributed by atoms with Crippen LogP contribution in [-0.4, -0.2) is 37.0 Å². The Kier molecular flexibility index (Phi) is 4.69. The Balaban J connectivity index is 1.97. The molecule has 2 saturated carbocycles. The van der Waals surface area contributed by atoms with Crippen molar-refractivity contribution in [2.75, 3.05) is 20.6 Å². The molecular formula is C18H24F3NO2. The molecule has 3 rings (SSSR count). The Hall–Kier alpha value is -1.43. The van der Waals surface area contributed by atoms with E-state index in [1.54, 1.807) is 0 Å². The average molecular weight is 343 g/mol. The van der Waals surface area contributed by atoms with Gasteiger partial charge in [0.15, 0.2) is 0 Å². The number of alkyl halides is 3. The van der Waals surface area contributed by atoms with E-state index in [-0.39, 0.29) is 23.3 Å². The molecule has 4 atom stereocenters. The Morgan fingerprint density at radius 1 is 1.21 bits per heavy atom. The molecule has 134 valence electrons. The van der Waals surface area contributed by atoms with E-state index in [0.29, 0.717) is 17.4 Å². The van der Waals surface area contributed by atoms with Gasteiger partial charge in [0.25, 0.3) is 0 Å². The average Bonchev–Trinajstić information content (AvgIpc) is 2.85. The van der Waals surface area contributed by atoms with Crippen molar-refractivity contribution >= 4 is 0 Å². The number of hydrogen-bond acceptors (Lipinski definition) is 3. The zero-order chi connectivity index (χ0) is 17.5. The van der Waals surface area contributed by atoms with Gasteiger partial charge in [0, 0.05) is 12.1 Å². The van der Waals surface area contributed by atoms with Crippen LogP contribution in [0.15, 0.2) is 18.2 Å². The van der Waals surface area contributed by atoms with Crippen molar-refractivity contribution in [1.82, 2.24) is 4.90 Å². The monoisotopic (exact) mass is 343 g/mol. The van der Waals surface area contributed by atoms with Gasteiger partial charge >= 0.3 is 6.36 Å². The number of phenols is 1. The van der Waals surface area contributed by atoms with Gasteiger partial charge in [-0.3, -0.25) is 0 Å². The predicted octanol–water partition coefficient (Wildman–Crippen LogP) is 4.37. The molecule has 3 nitrogen and oxygen atoms in total. The summed E-state index contributed by atoms with van der Waals surface area (Å²) in [5, 5.41) is 9.83. The molecule has 2 aliphatic carbocycles. The summed E-state index contributed by atoms with van der Waals surface area (Å²) in [6.45, 7) is 0.836. The molecule has 6 heteroatoms. The Bertz CT molecular complexity index is 588. The highest BCUT2D eigenvalue weighted by Crippen LogP contribution is 2.54. The van der Waals surface area contributed by atoms with Crippen LogP contribution < -0.4 is 4.74 Å². The van der Waals surface area contributed by atoms with Crippen LogP contribution in [0.2, 0.25) is 0 Å². The molecule has 1 unspecified atom stereocenters. The molecule has 0 spiro atoms. The summed E-state index contributed by atoms with van der Waals surface area (Å²) in [6.07, 6.45) is -0.389. The van der Waals surface area contributed by atoms with E-state index in [0.717, 1.165) is 25.8 Å². The van der Waals surface area contributed by atoms with E-state index in [1.807, 2.05) is 14.1 Å². The van der Waals surface area contributed by atoms with Gasteiger partial charge in [-0.15, -0.1) is 13.2 Å². The van der Waals surface area contributed by atoms with Crippen molar-refractivity contribution < 1.29 is 23.0 Å². The van der Waals surface area contributed by atoms with E-state index in [1.165, 1.54) is 24.6 Å². The van der Waals surface area contributed by atoms with Crippen molar-refractivity contribution in [2.24, 2.45) is 17.8 Å². The zero-order valence-corrected chi connectivity index (χ0v) is 14.0. The number of rotatable bonds is 4. The molecular weight excluding hydrogens is 319 g/mol. The van der Waals surface area contributed by atoms with Gasteiger partial charge < -0.3 is 14.7 Å². The number of ether oxygens (including phenoxy) is 1. The summed E-state index contributed by atoms with van der Waals surface area (Å²) in [7, 11) is 3.99. The molecule has 1 N–H and O–H groups in total. The first-order valence-electron chi connectivity index (χ1n) is 8.46. The van der Waals surface area contributed by atoms with E-state index in [4.69, 9.17) is 0 Å². The Labute approximate surface area is 140 Å². The highest BCUT2D eigenvalue weighted by atomic mass is 19.4. The minimum absolute atomic E-state index is 0.0110. The molecule has 1 aromatic carbocycles. The fraction of sp³-hybridized carbons (Fsp3) is 0.667. The molecule has 0 aromatic heterocycles. The summed E-state index contributed by atoms with van der Waals surface area (Å²) in [6, 6.07) is 3.95. The number of phenolic OH excluding ortho intramolecular Hbond substituents is 1. The fourth-order valence-corrected chi connectivity index (χ4v) is 4.68. The van der Waals surface area contributed by atoms with Gasteiger partial charge in [0.2, 0.25) is 0 Å². The molecule has 1 aromatic rings. The fourth-order valence-electron chi connectivity index (χ4n) is 4.68. The van der Waals surface area contributed by atoms with Gasteiger partial charge in [-0.1, -0.05) is 6.42 Å². The van der Waals surface area contributed by atoms with Crippen LogP contribution in [0.4, 0.5) is 13.2 Å². The lowest BCUT2D eigenvalue weighted by molar-refractivity contribution is -0.275. The van der Waals surface area contributed by atoms with E-state index in [2.05, 4.69) is 9.64 Å². The van der Waals surface area contributed by atoms with E-state index >= 15 is 0 Å². The molecule has 0 amide bonds. The smallest absolute Gasteiger partial charge is 0.508 e. The molecule has 2 aliphatic rings. The summed E-state index contributed by atoms with van der Waals surface area (Å²) < 4.78 is 42.6. The summed E-state index contributed by atoms with van der Waals surface area (Å²) in [5.74, 6) is 1.20. The van der Waals surface area contributed by atoms with Crippen LogP contribution in [0.3, 0.4) is 0 Å². The summed E-state index contributed by atoms with van der Waals surface area (Å²) >= 11 is 0. The molecule has 0 saturated heterocycles. The van der Waals surface area contributed by atoms with Crippen LogP contribution in [0, 0.1) is 17.8 Å². The second kappa shape index (κ2) is 6.47. The summed E-state index contributed by atoms with van der Waals surface area (Å²) in [4.78, 5) is 2.10. The predicted molar refractivity (Wildman–Crippen MR) is 85.0 cm³/mol. The van der Waals surface area contributed by atoms with Crippen molar-refractivity contribution in [3.8, 4) is 11.5 Å². The highest BCUT2D eigenvalue weighted by molar-refractivity contribution is 5.43.